The van der Waals surface area contributed by atoms with E-state index in [2.05, 4.69) is 21.1 Å². The number of aromatic nitrogens is 1. The molecule has 0 fully saturated rings. The molecule has 66 valence electrons. The summed E-state index contributed by atoms with van der Waals surface area (Å²) >= 11 is 3.22. The summed E-state index contributed by atoms with van der Waals surface area (Å²) in [6.45, 7) is 0. The van der Waals surface area contributed by atoms with E-state index in [1.54, 1.807) is 18.2 Å². The van der Waals surface area contributed by atoms with E-state index in [-0.39, 0.29) is 5.75 Å². The molecule has 0 radical (unpaired) electrons. The normalized spacial score (nSPS) is 10.2. The molecule has 1 heterocycles. The molecule has 1 N–H and O–H groups in total. The first-order valence-electron chi connectivity index (χ1n) is 3.67. The van der Waals surface area contributed by atoms with Gasteiger partial charge in [-0.05, 0) is 28.1 Å². The van der Waals surface area contributed by atoms with Crippen LogP contribution in [0.1, 0.15) is 0 Å². The molecule has 0 spiro atoms. The van der Waals surface area contributed by atoms with E-state index in [1.807, 2.05) is 6.07 Å². The lowest BCUT2D eigenvalue weighted by Gasteiger charge is -2.01. The van der Waals surface area contributed by atoms with Crippen LogP contribution in [-0.4, -0.2) is 10.3 Å². The Balaban J connectivity index is 2.59. The third kappa shape index (κ3) is 1.45. The van der Waals surface area contributed by atoms with Crippen molar-refractivity contribution in [1.29, 1.82) is 0 Å². The van der Waals surface area contributed by atoms with Gasteiger partial charge in [0.2, 0.25) is 0 Å². The standard InChI is InChI=1S/C9H6BrNO2/c10-7-3-1-2-6(9(7)12)8-4-5-11-13-8/h1-5,12H. The molecule has 0 saturated carbocycles. The molecular weight excluding hydrogens is 234 g/mol. The molecule has 0 aliphatic heterocycles. The molecule has 1 aromatic heterocycles. The minimum Gasteiger partial charge on any atom is -0.506 e. The number of hydrogen-bond acceptors (Lipinski definition) is 3. The third-order valence-electron chi connectivity index (χ3n) is 1.69. The summed E-state index contributed by atoms with van der Waals surface area (Å²) in [7, 11) is 0. The maximum absolute atomic E-state index is 9.63. The zero-order valence-corrected chi connectivity index (χ0v) is 8.15. The van der Waals surface area contributed by atoms with Crippen LogP contribution < -0.4 is 0 Å². The topological polar surface area (TPSA) is 46.3 Å². The molecule has 0 atom stereocenters. The molecule has 0 amide bonds. The predicted molar refractivity (Wildman–Crippen MR) is 51.3 cm³/mol. The number of benzene rings is 1. The van der Waals surface area contributed by atoms with Gasteiger partial charge in [-0.2, -0.15) is 0 Å². The van der Waals surface area contributed by atoms with Crippen molar-refractivity contribution < 1.29 is 9.63 Å². The van der Waals surface area contributed by atoms with Crippen LogP contribution in [0.15, 0.2) is 39.5 Å². The highest BCUT2D eigenvalue weighted by molar-refractivity contribution is 9.10. The molecule has 4 heteroatoms. The first-order chi connectivity index (χ1) is 6.29. The third-order valence-corrected chi connectivity index (χ3v) is 2.33. The van der Waals surface area contributed by atoms with E-state index in [1.165, 1.54) is 6.20 Å². The highest BCUT2D eigenvalue weighted by Crippen LogP contribution is 2.34. The van der Waals surface area contributed by atoms with Gasteiger partial charge in [0.25, 0.3) is 0 Å². The summed E-state index contributed by atoms with van der Waals surface area (Å²) in [5, 5.41) is 13.2. The van der Waals surface area contributed by atoms with Crippen LogP contribution in [0.5, 0.6) is 5.75 Å². The number of phenolic OH excluding ortho intramolecular Hbond substituents is 1. The summed E-state index contributed by atoms with van der Waals surface area (Å²) in [6, 6.07) is 7.04. The number of halogens is 1. The van der Waals surface area contributed by atoms with Crippen LogP contribution in [0.3, 0.4) is 0 Å². The van der Waals surface area contributed by atoms with Crippen molar-refractivity contribution in [3.05, 3.63) is 34.9 Å². The van der Waals surface area contributed by atoms with Gasteiger partial charge in [-0.15, -0.1) is 0 Å². The number of nitrogens with zero attached hydrogens (tertiary/aromatic N) is 1. The Morgan fingerprint density at radius 3 is 2.85 bits per heavy atom. The van der Waals surface area contributed by atoms with Gasteiger partial charge in [0.15, 0.2) is 5.76 Å². The second-order valence-corrected chi connectivity index (χ2v) is 3.37. The number of phenols is 1. The first kappa shape index (κ1) is 8.31. The Morgan fingerprint density at radius 2 is 2.15 bits per heavy atom. The number of para-hydroxylation sites is 1. The van der Waals surface area contributed by atoms with Crippen LogP contribution in [0.2, 0.25) is 0 Å². The minimum atomic E-state index is 0.166. The van der Waals surface area contributed by atoms with Gasteiger partial charge in [0.1, 0.15) is 5.75 Å². The highest BCUT2D eigenvalue weighted by Gasteiger charge is 2.09. The number of hydrogen-bond donors (Lipinski definition) is 1. The maximum Gasteiger partial charge on any atom is 0.170 e. The molecule has 0 aliphatic rings. The van der Waals surface area contributed by atoms with E-state index >= 15 is 0 Å². The lowest BCUT2D eigenvalue weighted by atomic mass is 10.1. The Kier molecular flexibility index (Phi) is 2.06. The van der Waals surface area contributed by atoms with Crippen LogP contribution in [0.4, 0.5) is 0 Å². The fourth-order valence-electron chi connectivity index (χ4n) is 1.07. The van der Waals surface area contributed by atoms with Gasteiger partial charge in [0, 0.05) is 6.07 Å². The summed E-state index contributed by atoms with van der Waals surface area (Å²) < 4.78 is 5.56. The van der Waals surface area contributed by atoms with E-state index in [4.69, 9.17) is 4.52 Å². The zero-order valence-electron chi connectivity index (χ0n) is 6.57. The SMILES string of the molecule is Oc1c(Br)cccc1-c1ccno1. The molecular formula is C9H6BrNO2. The summed E-state index contributed by atoms with van der Waals surface area (Å²) in [6.07, 6.45) is 1.54. The van der Waals surface area contributed by atoms with Crippen molar-refractivity contribution in [2.24, 2.45) is 0 Å². The Bertz CT molecular complexity index is 412. The minimum absolute atomic E-state index is 0.166. The quantitative estimate of drug-likeness (QED) is 0.833. The van der Waals surface area contributed by atoms with Crippen LogP contribution in [0, 0.1) is 0 Å². The Hall–Kier alpha value is -1.29. The zero-order chi connectivity index (χ0) is 9.26. The van der Waals surface area contributed by atoms with Crippen LogP contribution in [0.25, 0.3) is 11.3 Å². The van der Waals surface area contributed by atoms with Crippen molar-refractivity contribution in [3.63, 3.8) is 0 Å². The maximum atomic E-state index is 9.63. The second-order valence-electron chi connectivity index (χ2n) is 2.51. The molecule has 2 rings (SSSR count). The fourth-order valence-corrected chi connectivity index (χ4v) is 1.44. The van der Waals surface area contributed by atoms with E-state index in [9.17, 15) is 5.11 Å². The monoisotopic (exact) mass is 239 g/mol. The van der Waals surface area contributed by atoms with Crippen molar-refractivity contribution in [1.82, 2.24) is 5.16 Å². The first-order valence-corrected chi connectivity index (χ1v) is 4.47. The Morgan fingerprint density at radius 1 is 1.31 bits per heavy atom. The highest BCUT2D eigenvalue weighted by atomic mass is 79.9. The van der Waals surface area contributed by atoms with Crippen LogP contribution in [-0.2, 0) is 0 Å². The average molecular weight is 240 g/mol. The van der Waals surface area contributed by atoms with Gasteiger partial charge in [0.05, 0.1) is 16.2 Å². The lowest BCUT2D eigenvalue weighted by molar-refractivity contribution is 0.425. The summed E-state index contributed by atoms with van der Waals surface area (Å²) in [5.41, 5.74) is 0.631. The van der Waals surface area contributed by atoms with E-state index in [0.717, 1.165) is 0 Å². The van der Waals surface area contributed by atoms with Crippen molar-refractivity contribution in [2.75, 3.05) is 0 Å². The average Bonchev–Trinajstić information content (AvgIpc) is 2.62. The Labute approximate surface area is 83.1 Å². The molecule has 2 aromatic rings. The predicted octanol–water partition coefficient (Wildman–Crippen LogP) is 2.81. The molecule has 3 nitrogen and oxygen atoms in total. The molecule has 0 aliphatic carbocycles. The molecule has 1 aromatic carbocycles. The van der Waals surface area contributed by atoms with Crippen molar-refractivity contribution in [3.8, 4) is 17.1 Å². The molecule has 13 heavy (non-hydrogen) atoms. The second kappa shape index (κ2) is 3.22. The molecule has 0 saturated heterocycles. The summed E-state index contributed by atoms with van der Waals surface area (Å²) in [4.78, 5) is 0. The smallest absolute Gasteiger partial charge is 0.170 e. The fraction of sp³-hybridized carbons (Fsp3) is 0. The van der Waals surface area contributed by atoms with Crippen LogP contribution >= 0.6 is 15.9 Å². The van der Waals surface area contributed by atoms with Gasteiger partial charge in [-0.1, -0.05) is 11.2 Å². The van der Waals surface area contributed by atoms with Gasteiger partial charge in [-0.25, -0.2) is 0 Å². The van der Waals surface area contributed by atoms with E-state index < -0.39 is 0 Å². The van der Waals surface area contributed by atoms with E-state index in [0.29, 0.717) is 15.8 Å². The molecule has 0 bridgehead atoms. The molecule has 0 unspecified atom stereocenters. The largest absolute Gasteiger partial charge is 0.506 e. The van der Waals surface area contributed by atoms with Gasteiger partial charge in [-0.3, -0.25) is 0 Å². The van der Waals surface area contributed by atoms with Crippen molar-refractivity contribution >= 4 is 15.9 Å². The van der Waals surface area contributed by atoms with Crippen molar-refractivity contribution in [2.45, 2.75) is 0 Å². The summed E-state index contributed by atoms with van der Waals surface area (Å²) in [5.74, 6) is 0.720. The lowest BCUT2D eigenvalue weighted by Crippen LogP contribution is -1.76. The number of aromatic hydroxyl groups is 1. The van der Waals surface area contributed by atoms with Gasteiger partial charge >= 0.3 is 0 Å². The van der Waals surface area contributed by atoms with Gasteiger partial charge < -0.3 is 9.63 Å². The number of rotatable bonds is 1.